The molecule has 0 atom stereocenters. The predicted octanol–water partition coefficient (Wildman–Crippen LogP) is 6.07. The molecule has 0 aliphatic heterocycles. The van der Waals surface area contributed by atoms with Gasteiger partial charge < -0.3 is 5.32 Å². The molecule has 0 saturated carbocycles. The van der Waals surface area contributed by atoms with Crippen molar-refractivity contribution in [3.8, 4) is 11.3 Å². The minimum atomic E-state index is -0.244. The molecule has 0 amide bonds. The summed E-state index contributed by atoms with van der Waals surface area (Å²) < 4.78 is 14.0. The van der Waals surface area contributed by atoms with Gasteiger partial charge in [0, 0.05) is 21.1 Å². The number of anilines is 2. The van der Waals surface area contributed by atoms with E-state index in [1.165, 1.54) is 34.6 Å². The predicted molar refractivity (Wildman–Crippen MR) is 94.4 cm³/mol. The fraction of sp³-hybridized carbons (Fsp3) is 0.118. The summed E-state index contributed by atoms with van der Waals surface area (Å²) in [6.45, 7) is 4.14. The van der Waals surface area contributed by atoms with Crippen LogP contribution in [0, 0.1) is 19.7 Å². The Morgan fingerprint density at radius 3 is 2.55 bits per heavy atom. The number of hydrogen-bond acceptors (Lipinski definition) is 3. The first-order valence-corrected chi connectivity index (χ1v) is 8.45. The van der Waals surface area contributed by atoms with E-state index in [1.807, 2.05) is 5.38 Å². The molecule has 1 heterocycles. The Labute approximate surface area is 141 Å². The highest BCUT2D eigenvalue weighted by atomic mass is 79.9. The molecule has 1 N–H and O–H groups in total. The number of benzene rings is 2. The van der Waals surface area contributed by atoms with E-state index in [-0.39, 0.29) is 5.82 Å². The second-order valence-corrected chi connectivity index (χ2v) is 6.80. The van der Waals surface area contributed by atoms with Crippen molar-refractivity contribution in [2.45, 2.75) is 13.8 Å². The van der Waals surface area contributed by atoms with E-state index in [0.717, 1.165) is 26.5 Å². The number of aromatic nitrogens is 1. The van der Waals surface area contributed by atoms with Crippen molar-refractivity contribution in [3.05, 3.63) is 63.2 Å². The molecule has 1 aromatic heterocycles. The molecule has 0 unspecified atom stereocenters. The van der Waals surface area contributed by atoms with Crippen molar-refractivity contribution in [2.75, 3.05) is 5.32 Å². The molecule has 112 valence electrons. The largest absolute Gasteiger partial charge is 0.332 e. The fourth-order valence-electron chi connectivity index (χ4n) is 2.17. The van der Waals surface area contributed by atoms with Crippen LogP contribution < -0.4 is 5.32 Å². The normalized spacial score (nSPS) is 10.7. The molecule has 0 spiro atoms. The molecule has 22 heavy (non-hydrogen) atoms. The molecule has 3 rings (SSSR count). The van der Waals surface area contributed by atoms with Gasteiger partial charge >= 0.3 is 0 Å². The van der Waals surface area contributed by atoms with Crippen LogP contribution in [0.2, 0.25) is 0 Å². The van der Waals surface area contributed by atoms with Crippen LogP contribution in [-0.4, -0.2) is 4.98 Å². The minimum absolute atomic E-state index is 0.244. The van der Waals surface area contributed by atoms with Gasteiger partial charge in [-0.25, -0.2) is 9.37 Å². The number of hydrogen-bond donors (Lipinski definition) is 1. The minimum Gasteiger partial charge on any atom is -0.332 e. The maximum Gasteiger partial charge on any atom is 0.187 e. The highest BCUT2D eigenvalue weighted by Crippen LogP contribution is 2.32. The monoisotopic (exact) mass is 376 g/mol. The summed E-state index contributed by atoms with van der Waals surface area (Å²) in [5, 5.41) is 6.02. The number of rotatable bonds is 3. The zero-order valence-corrected chi connectivity index (χ0v) is 14.6. The third kappa shape index (κ3) is 3.20. The lowest BCUT2D eigenvalue weighted by atomic mass is 10.0. The Bertz CT molecular complexity index is 812. The summed E-state index contributed by atoms with van der Waals surface area (Å²) in [5.74, 6) is -0.244. The fourth-order valence-corrected chi connectivity index (χ4v) is 3.36. The number of nitrogens with one attached hydrogen (secondary N) is 1. The van der Waals surface area contributed by atoms with Crippen LogP contribution in [0.3, 0.4) is 0 Å². The Hall–Kier alpha value is -1.72. The SMILES string of the molecule is Cc1cc(-c2csc(Nc3ccc(F)cc3)n2)c(C)cc1Br. The Balaban J connectivity index is 1.87. The van der Waals surface area contributed by atoms with Crippen LogP contribution in [0.15, 0.2) is 46.3 Å². The van der Waals surface area contributed by atoms with Crippen LogP contribution >= 0.6 is 27.3 Å². The molecule has 0 fully saturated rings. The van der Waals surface area contributed by atoms with E-state index in [4.69, 9.17) is 0 Å². The highest BCUT2D eigenvalue weighted by molar-refractivity contribution is 9.10. The Morgan fingerprint density at radius 1 is 1.09 bits per heavy atom. The lowest BCUT2D eigenvalue weighted by Gasteiger charge is -2.06. The number of nitrogens with zero attached hydrogens (tertiary/aromatic N) is 1. The van der Waals surface area contributed by atoms with Gasteiger partial charge in [0.05, 0.1) is 5.69 Å². The molecular formula is C17H14BrFN2S. The lowest BCUT2D eigenvalue weighted by Crippen LogP contribution is -1.91. The third-order valence-corrected chi connectivity index (χ3v) is 4.99. The van der Waals surface area contributed by atoms with E-state index in [9.17, 15) is 4.39 Å². The van der Waals surface area contributed by atoms with Crippen molar-refractivity contribution in [1.82, 2.24) is 4.98 Å². The summed E-state index contributed by atoms with van der Waals surface area (Å²) >= 11 is 5.08. The van der Waals surface area contributed by atoms with Gasteiger partial charge in [-0.2, -0.15) is 0 Å². The zero-order valence-electron chi connectivity index (χ0n) is 12.2. The van der Waals surface area contributed by atoms with Gasteiger partial charge in [0.15, 0.2) is 5.13 Å². The smallest absolute Gasteiger partial charge is 0.187 e. The third-order valence-electron chi connectivity index (χ3n) is 3.38. The first-order valence-electron chi connectivity index (χ1n) is 6.78. The molecule has 3 aromatic rings. The van der Waals surface area contributed by atoms with Crippen LogP contribution in [0.25, 0.3) is 11.3 Å². The average Bonchev–Trinajstić information content (AvgIpc) is 2.93. The van der Waals surface area contributed by atoms with Gasteiger partial charge in [-0.1, -0.05) is 15.9 Å². The zero-order chi connectivity index (χ0) is 15.7. The topological polar surface area (TPSA) is 24.9 Å². The first kappa shape index (κ1) is 15.2. The van der Waals surface area contributed by atoms with Crippen LogP contribution in [-0.2, 0) is 0 Å². The van der Waals surface area contributed by atoms with Gasteiger partial charge in [0.2, 0.25) is 0 Å². The van der Waals surface area contributed by atoms with E-state index < -0.39 is 0 Å². The summed E-state index contributed by atoms with van der Waals surface area (Å²) in [7, 11) is 0. The second-order valence-electron chi connectivity index (χ2n) is 5.09. The molecule has 0 aliphatic rings. The van der Waals surface area contributed by atoms with Gasteiger partial charge in [-0.05, 0) is 61.4 Å². The maximum atomic E-state index is 12.9. The summed E-state index contributed by atoms with van der Waals surface area (Å²) in [6.07, 6.45) is 0. The molecule has 0 saturated heterocycles. The van der Waals surface area contributed by atoms with E-state index in [0.29, 0.717) is 0 Å². The van der Waals surface area contributed by atoms with E-state index >= 15 is 0 Å². The van der Waals surface area contributed by atoms with Crippen molar-refractivity contribution in [2.24, 2.45) is 0 Å². The van der Waals surface area contributed by atoms with E-state index in [1.54, 1.807) is 12.1 Å². The van der Waals surface area contributed by atoms with Crippen LogP contribution in [0.5, 0.6) is 0 Å². The Kier molecular flexibility index (Phi) is 4.27. The van der Waals surface area contributed by atoms with Crippen LogP contribution in [0.4, 0.5) is 15.2 Å². The van der Waals surface area contributed by atoms with Crippen molar-refractivity contribution >= 4 is 38.1 Å². The molecule has 0 aliphatic carbocycles. The molecular weight excluding hydrogens is 363 g/mol. The van der Waals surface area contributed by atoms with Gasteiger partial charge in [-0.15, -0.1) is 11.3 Å². The van der Waals surface area contributed by atoms with Crippen molar-refractivity contribution in [3.63, 3.8) is 0 Å². The highest BCUT2D eigenvalue weighted by Gasteiger charge is 2.09. The standard InChI is InChI=1S/C17H14BrFN2S/c1-10-8-15(18)11(2)7-14(10)16-9-22-17(21-16)20-13-5-3-12(19)4-6-13/h3-9H,1-2H3,(H,20,21). The summed E-state index contributed by atoms with van der Waals surface area (Å²) in [5.41, 5.74) is 5.26. The van der Waals surface area contributed by atoms with Crippen molar-refractivity contribution < 1.29 is 4.39 Å². The van der Waals surface area contributed by atoms with Crippen LogP contribution in [0.1, 0.15) is 11.1 Å². The van der Waals surface area contributed by atoms with Gasteiger partial charge in [-0.3, -0.25) is 0 Å². The number of halogens is 2. The molecule has 0 bridgehead atoms. The quantitative estimate of drug-likeness (QED) is 0.599. The Morgan fingerprint density at radius 2 is 1.82 bits per heavy atom. The molecule has 5 heteroatoms. The molecule has 2 aromatic carbocycles. The van der Waals surface area contributed by atoms with E-state index in [2.05, 4.69) is 52.2 Å². The summed E-state index contributed by atoms with van der Waals surface area (Å²) in [4.78, 5) is 4.63. The average molecular weight is 377 g/mol. The maximum absolute atomic E-state index is 12.9. The molecule has 2 nitrogen and oxygen atoms in total. The number of thiazole rings is 1. The first-order chi connectivity index (χ1) is 10.5. The summed E-state index contributed by atoms with van der Waals surface area (Å²) in [6, 6.07) is 10.5. The lowest BCUT2D eigenvalue weighted by molar-refractivity contribution is 0.628. The number of aryl methyl sites for hydroxylation is 2. The van der Waals surface area contributed by atoms with Crippen molar-refractivity contribution in [1.29, 1.82) is 0 Å². The van der Waals surface area contributed by atoms with Gasteiger partial charge in [0.25, 0.3) is 0 Å². The molecule has 0 radical (unpaired) electrons. The second kappa shape index (κ2) is 6.18. The van der Waals surface area contributed by atoms with Gasteiger partial charge in [0.1, 0.15) is 5.82 Å².